The van der Waals surface area contributed by atoms with Gasteiger partial charge in [0, 0.05) is 12.6 Å². The van der Waals surface area contributed by atoms with Crippen LogP contribution < -0.4 is 10.6 Å². The fourth-order valence-corrected chi connectivity index (χ4v) is 2.50. The van der Waals surface area contributed by atoms with Gasteiger partial charge < -0.3 is 15.7 Å². The highest BCUT2D eigenvalue weighted by Gasteiger charge is 2.22. The molecule has 3 N–H and O–H groups in total. The summed E-state index contributed by atoms with van der Waals surface area (Å²) in [7, 11) is 0. The van der Waals surface area contributed by atoms with Crippen LogP contribution in [-0.4, -0.2) is 29.1 Å². The first-order valence-electron chi connectivity index (χ1n) is 6.81. The molecular weight excluding hydrogens is 242 g/mol. The maximum Gasteiger partial charge on any atom is 0.225 e. The van der Waals surface area contributed by atoms with Crippen molar-refractivity contribution in [2.75, 3.05) is 18.4 Å². The molecule has 1 aromatic rings. The highest BCUT2D eigenvalue weighted by molar-refractivity contribution is 5.91. The number of aromatic hydroxyl groups is 1. The molecular formula is C14H21N3O2. The Morgan fingerprint density at radius 1 is 1.68 bits per heavy atom. The minimum atomic E-state index is -0.0907. The summed E-state index contributed by atoms with van der Waals surface area (Å²) >= 11 is 0. The SMILES string of the molecule is CC(CC(=O)Nc1ncccc1O)C1CCCNC1. The van der Waals surface area contributed by atoms with E-state index in [1.165, 1.54) is 18.9 Å². The smallest absolute Gasteiger partial charge is 0.225 e. The molecule has 2 unspecified atom stereocenters. The van der Waals surface area contributed by atoms with Crippen LogP contribution in [0.15, 0.2) is 18.3 Å². The first-order chi connectivity index (χ1) is 9.16. The molecule has 5 heteroatoms. The lowest BCUT2D eigenvalue weighted by Crippen LogP contribution is -2.34. The van der Waals surface area contributed by atoms with Crippen LogP contribution in [0.4, 0.5) is 5.82 Å². The number of anilines is 1. The summed E-state index contributed by atoms with van der Waals surface area (Å²) < 4.78 is 0. The number of carbonyl (C=O) groups is 1. The van der Waals surface area contributed by atoms with Crippen molar-refractivity contribution >= 4 is 11.7 Å². The predicted octanol–water partition coefficient (Wildman–Crippen LogP) is 1.75. The van der Waals surface area contributed by atoms with Gasteiger partial charge in [-0.2, -0.15) is 0 Å². The van der Waals surface area contributed by atoms with Crippen LogP contribution >= 0.6 is 0 Å². The number of hydrogen-bond acceptors (Lipinski definition) is 4. The Bertz CT molecular complexity index is 430. The normalized spacial score (nSPS) is 20.8. The third kappa shape index (κ3) is 3.92. The van der Waals surface area contributed by atoms with E-state index in [1.54, 1.807) is 12.3 Å². The number of amides is 1. The quantitative estimate of drug-likeness (QED) is 0.773. The summed E-state index contributed by atoms with van der Waals surface area (Å²) in [5, 5.41) is 15.6. The number of carbonyl (C=O) groups excluding carboxylic acids is 1. The first kappa shape index (κ1) is 13.8. The summed E-state index contributed by atoms with van der Waals surface area (Å²) in [6, 6.07) is 3.14. The topological polar surface area (TPSA) is 74.2 Å². The molecule has 0 saturated carbocycles. The Labute approximate surface area is 113 Å². The molecule has 1 aliphatic rings. The van der Waals surface area contributed by atoms with E-state index < -0.39 is 0 Å². The third-order valence-electron chi connectivity index (χ3n) is 3.69. The molecule has 0 bridgehead atoms. The van der Waals surface area contributed by atoms with E-state index in [1.807, 2.05) is 0 Å². The molecule has 1 amide bonds. The minimum absolute atomic E-state index is 0.00263. The molecule has 2 rings (SSSR count). The highest BCUT2D eigenvalue weighted by Crippen LogP contribution is 2.24. The molecule has 5 nitrogen and oxygen atoms in total. The van der Waals surface area contributed by atoms with Crippen LogP contribution in [0.1, 0.15) is 26.2 Å². The van der Waals surface area contributed by atoms with E-state index in [2.05, 4.69) is 22.5 Å². The van der Waals surface area contributed by atoms with Gasteiger partial charge in [0.2, 0.25) is 5.91 Å². The lowest BCUT2D eigenvalue weighted by Gasteiger charge is -2.27. The third-order valence-corrected chi connectivity index (χ3v) is 3.69. The summed E-state index contributed by atoms with van der Waals surface area (Å²) in [5.41, 5.74) is 0. The van der Waals surface area contributed by atoms with E-state index in [0.29, 0.717) is 18.3 Å². The van der Waals surface area contributed by atoms with Crippen LogP contribution in [0.2, 0.25) is 0 Å². The Morgan fingerprint density at radius 3 is 3.21 bits per heavy atom. The molecule has 2 atom stereocenters. The van der Waals surface area contributed by atoms with E-state index in [0.717, 1.165) is 13.1 Å². The van der Waals surface area contributed by atoms with Gasteiger partial charge in [0.15, 0.2) is 11.6 Å². The van der Waals surface area contributed by atoms with Gasteiger partial charge in [-0.3, -0.25) is 4.79 Å². The van der Waals surface area contributed by atoms with Gasteiger partial charge in [-0.1, -0.05) is 6.92 Å². The molecule has 0 radical (unpaired) electrons. The predicted molar refractivity (Wildman–Crippen MR) is 73.9 cm³/mol. The van der Waals surface area contributed by atoms with E-state index in [4.69, 9.17) is 0 Å². The van der Waals surface area contributed by atoms with Crippen LogP contribution in [0.25, 0.3) is 0 Å². The summed E-state index contributed by atoms with van der Waals surface area (Å²) in [6.07, 6.45) is 4.36. The van der Waals surface area contributed by atoms with Gasteiger partial charge in [-0.05, 0) is 49.9 Å². The van der Waals surface area contributed by atoms with Gasteiger partial charge in [0.05, 0.1) is 0 Å². The van der Waals surface area contributed by atoms with E-state index in [-0.39, 0.29) is 17.5 Å². The van der Waals surface area contributed by atoms with E-state index in [9.17, 15) is 9.90 Å². The summed E-state index contributed by atoms with van der Waals surface area (Å²) in [6.45, 7) is 4.18. The van der Waals surface area contributed by atoms with Crippen molar-refractivity contribution in [1.82, 2.24) is 10.3 Å². The maximum atomic E-state index is 11.9. The molecule has 19 heavy (non-hydrogen) atoms. The van der Waals surface area contributed by atoms with Crippen LogP contribution in [0.5, 0.6) is 5.75 Å². The zero-order chi connectivity index (χ0) is 13.7. The number of hydrogen-bond donors (Lipinski definition) is 3. The van der Waals surface area contributed by atoms with Crippen molar-refractivity contribution in [3.63, 3.8) is 0 Å². The number of aromatic nitrogens is 1. The minimum Gasteiger partial charge on any atom is -0.504 e. The zero-order valence-electron chi connectivity index (χ0n) is 11.2. The zero-order valence-corrected chi connectivity index (χ0v) is 11.2. The Balaban J connectivity index is 1.85. The lowest BCUT2D eigenvalue weighted by molar-refractivity contribution is -0.117. The molecule has 0 aromatic carbocycles. The van der Waals surface area contributed by atoms with Gasteiger partial charge in [-0.15, -0.1) is 0 Å². The summed E-state index contributed by atoms with van der Waals surface area (Å²) in [5.74, 6) is 1.03. The Kier molecular flexibility index (Phi) is 4.74. The van der Waals surface area contributed by atoms with Crippen LogP contribution in [-0.2, 0) is 4.79 Å². The number of piperidine rings is 1. The number of rotatable bonds is 4. The van der Waals surface area contributed by atoms with Gasteiger partial charge in [-0.25, -0.2) is 4.98 Å². The molecule has 0 aliphatic carbocycles. The van der Waals surface area contributed by atoms with Crippen molar-refractivity contribution in [1.29, 1.82) is 0 Å². The highest BCUT2D eigenvalue weighted by atomic mass is 16.3. The Hall–Kier alpha value is -1.62. The van der Waals surface area contributed by atoms with Gasteiger partial charge >= 0.3 is 0 Å². The molecule has 104 valence electrons. The second-order valence-electron chi connectivity index (χ2n) is 5.21. The van der Waals surface area contributed by atoms with Crippen molar-refractivity contribution in [3.05, 3.63) is 18.3 Å². The standard InChI is InChI=1S/C14H21N3O2/c1-10(11-4-2-6-15-9-11)8-13(19)17-14-12(18)5-3-7-16-14/h3,5,7,10-11,15,18H,2,4,6,8-9H2,1H3,(H,16,17,19). The maximum absolute atomic E-state index is 11.9. The number of pyridine rings is 1. The van der Waals surface area contributed by atoms with Gasteiger partial charge in [0.25, 0.3) is 0 Å². The second kappa shape index (κ2) is 6.52. The average Bonchev–Trinajstić information content (AvgIpc) is 2.42. The largest absolute Gasteiger partial charge is 0.504 e. The van der Waals surface area contributed by atoms with E-state index >= 15 is 0 Å². The molecule has 0 spiro atoms. The first-order valence-corrected chi connectivity index (χ1v) is 6.81. The lowest BCUT2D eigenvalue weighted by atomic mass is 9.85. The number of nitrogens with zero attached hydrogens (tertiary/aromatic N) is 1. The number of nitrogens with one attached hydrogen (secondary N) is 2. The molecule has 1 fully saturated rings. The molecule has 1 aromatic heterocycles. The molecule has 1 aliphatic heterocycles. The summed E-state index contributed by atoms with van der Waals surface area (Å²) in [4.78, 5) is 15.9. The van der Waals surface area contributed by atoms with Gasteiger partial charge in [0.1, 0.15) is 0 Å². The van der Waals surface area contributed by atoms with Crippen molar-refractivity contribution < 1.29 is 9.90 Å². The monoisotopic (exact) mass is 263 g/mol. The molecule has 1 saturated heterocycles. The average molecular weight is 263 g/mol. The van der Waals surface area contributed by atoms with Crippen LogP contribution in [0, 0.1) is 11.8 Å². The van der Waals surface area contributed by atoms with Crippen LogP contribution in [0.3, 0.4) is 0 Å². The second-order valence-corrected chi connectivity index (χ2v) is 5.21. The fourth-order valence-electron chi connectivity index (χ4n) is 2.50. The Morgan fingerprint density at radius 2 is 2.53 bits per heavy atom. The van der Waals surface area contributed by atoms with Crippen molar-refractivity contribution in [2.45, 2.75) is 26.2 Å². The van der Waals surface area contributed by atoms with Crippen molar-refractivity contribution in [2.24, 2.45) is 11.8 Å². The fraction of sp³-hybridized carbons (Fsp3) is 0.571. The molecule has 2 heterocycles. The van der Waals surface area contributed by atoms with Crippen molar-refractivity contribution in [3.8, 4) is 5.75 Å².